The average Bonchev–Trinajstić information content (AvgIpc) is 2.36. The highest BCUT2D eigenvalue weighted by molar-refractivity contribution is 9.10. The molecule has 0 radical (unpaired) electrons. The van der Waals surface area contributed by atoms with Crippen molar-refractivity contribution in [2.24, 2.45) is 0 Å². The Labute approximate surface area is 129 Å². The number of halogens is 1. The van der Waals surface area contributed by atoms with Crippen molar-refractivity contribution in [3.8, 4) is 5.75 Å². The van der Waals surface area contributed by atoms with Crippen LogP contribution in [0, 0.1) is 0 Å². The monoisotopic (exact) mass is 381 g/mol. The number of rotatable bonds is 7. The molecule has 0 saturated carbocycles. The number of aliphatic carboxylic acids is 2. The molecular formula is C11H12BrNO7S. The lowest BCUT2D eigenvalue weighted by Gasteiger charge is -2.18. The van der Waals surface area contributed by atoms with Crippen LogP contribution in [0.15, 0.2) is 27.6 Å². The number of hydrogen-bond donors (Lipinski definition) is 2. The topological polar surface area (TPSA) is 121 Å². The molecule has 0 unspecified atom stereocenters. The van der Waals surface area contributed by atoms with Crippen LogP contribution in [0.5, 0.6) is 5.75 Å². The quantitative estimate of drug-likeness (QED) is 0.709. The summed E-state index contributed by atoms with van der Waals surface area (Å²) >= 11 is 3.11. The van der Waals surface area contributed by atoms with Crippen molar-refractivity contribution in [2.75, 3.05) is 20.2 Å². The molecule has 0 heterocycles. The third kappa shape index (κ3) is 4.41. The van der Waals surface area contributed by atoms with E-state index in [9.17, 15) is 18.0 Å². The molecule has 1 rings (SSSR count). The van der Waals surface area contributed by atoms with Gasteiger partial charge in [-0.15, -0.1) is 0 Å². The van der Waals surface area contributed by atoms with Gasteiger partial charge in [0.2, 0.25) is 10.0 Å². The molecule has 1 aromatic carbocycles. The Bertz CT molecular complexity index is 643. The maximum absolute atomic E-state index is 12.3. The Hall–Kier alpha value is -1.65. The average molecular weight is 382 g/mol. The molecule has 0 atom stereocenters. The minimum absolute atomic E-state index is 0.238. The van der Waals surface area contributed by atoms with Gasteiger partial charge in [-0.3, -0.25) is 9.59 Å². The normalized spacial score (nSPS) is 11.4. The number of sulfonamides is 1. The highest BCUT2D eigenvalue weighted by Gasteiger charge is 2.29. The van der Waals surface area contributed by atoms with E-state index < -0.39 is 35.1 Å². The zero-order valence-corrected chi connectivity index (χ0v) is 13.2. The Morgan fingerprint density at radius 3 is 2.14 bits per heavy atom. The number of carboxylic acids is 2. The molecule has 1 aromatic rings. The van der Waals surface area contributed by atoms with Crippen molar-refractivity contribution in [3.63, 3.8) is 0 Å². The molecule has 2 N–H and O–H groups in total. The van der Waals surface area contributed by atoms with Crippen LogP contribution in [-0.4, -0.2) is 55.1 Å². The van der Waals surface area contributed by atoms with Gasteiger partial charge in [-0.1, -0.05) is 0 Å². The molecule has 0 bridgehead atoms. The van der Waals surface area contributed by atoms with E-state index in [0.29, 0.717) is 14.5 Å². The molecule has 0 amide bonds. The van der Waals surface area contributed by atoms with Crippen molar-refractivity contribution < 1.29 is 33.0 Å². The van der Waals surface area contributed by atoms with E-state index in [2.05, 4.69) is 15.9 Å². The Morgan fingerprint density at radius 2 is 1.76 bits per heavy atom. The first kappa shape index (κ1) is 17.4. The van der Waals surface area contributed by atoms with Crippen LogP contribution in [0.2, 0.25) is 0 Å². The van der Waals surface area contributed by atoms with Crippen molar-refractivity contribution in [2.45, 2.75) is 4.90 Å². The van der Waals surface area contributed by atoms with Gasteiger partial charge in [0, 0.05) is 0 Å². The second kappa shape index (κ2) is 6.87. The third-order valence-electron chi connectivity index (χ3n) is 2.38. The Balaban J connectivity index is 3.24. The molecule has 0 saturated heterocycles. The summed E-state index contributed by atoms with van der Waals surface area (Å²) in [7, 11) is -2.85. The molecule has 0 aromatic heterocycles. The van der Waals surface area contributed by atoms with Gasteiger partial charge in [-0.25, -0.2) is 8.42 Å². The Kier molecular flexibility index (Phi) is 5.70. The number of hydrogen-bond acceptors (Lipinski definition) is 5. The third-order valence-corrected chi connectivity index (χ3v) is 4.79. The van der Waals surface area contributed by atoms with Gasteiger partial charge in [0.05, 0.1) is 16.5 Å². The molecule has 8 nitrogen and oxygen atoms in total. The van der Waals surface area contributed by atoms with Crippen LogP contribution >= 0.6 is 15.9 Å². The number of benzene rings is 1. The molecule has 0 spiro atoms. The van der Waals surface area contributed by atoms with Crippen LogP contribution in [0.1, 0.15) is 0 Å². The summed E-state index contributed by atoms with van der Waals surface area (Å²) in [5, 5.41) is 17.4. The van der Waals surface area contributed by atoms with E-state index in [-0.39, 0.29) is 4.90 Å². The fourth-order valence-electron chi connectivity index (χ4n) is 1.48. The number of nitrogens with zero attached hydrogens (tertiary/aromatic N) is 1. The first-order valence-corrected chi connectivity index (χ1v) is 7.69. The van der Waals surface area contributed by atoms with Crippen molar-refractivity contribution in [3.05, 3.63) is 22.7 Å². The SMILES string of the molecule is COc1ccc(S(=O)(=O)N(CC(=O)O)CC(=O)O)cc1Br. The Morgan fingerprint density at radius 1 is 1.24 bits per heavy atom. The minimum atomic E-state index is -4.25. The first-order chi connectivity index (χ1) is 9.68. The predicted octanol–water partition coefficient (Wildman–Crippen LogP) is 0.618. The van der Waals surface area contributed by atoms with Crippen LogP contribution in [-0.2, 0) is 19.6 Å². The van der Waals surface area contributed by atoms with E-state index >= 15 is 0 Å². The largest absolute Gasteiger partial charge is 0.496 e. The van der Waals surface area contributed by atoms with Gasteiger partial charge in [0.15, 0.2) is 0 Å². The van der Waals surface area contributed by atoms with Gasteiger partial charge in [-0.2, -0.15) is 4.31 Å². The summed E-state index contributed by atoms with van der Waals surface area (Å²) in [5.74, 6) is -2.52. The molecular weight excluding hydrogens is 370 g/mol. The summed E-state index contributed by atoms with van der Waals surface area (Å²) in [6.07, 6.45) is 0. The maximum atomic E-state index is 12.3. The summed E-state index contributed by atoms with van der Waals surface area (Å²) in [4.78, 5) is 21.2. The molecule has 0 aliphatic heterocycles. The zero-order valence-electron chi connectivity index (χ0n) is 10.8. The lowest BCUT2D eigenvalue weighted by molar-refractivity contribution is -0.139. The summed E-state index contributed by atoms with van der Waals surface area (Å²) < 4.78 is 30.3. The maximum Gasteiger partial charge on any atom is 0.318 e. The molecule has 0 aliphatic carbocycles. The highest BCUT2D eigenvalue weighted by atomic mass is 79.9. The van der Waals surface area contributed by atoms with Crippen LogP contribution < -0.4 is 4.74 Å². The zero-order chi connectivity index (χ0) is 16.2. The summed E-state index contributed by atoms with van der Waals surface area (Å²) in [6, 6.07) is 3.79. The second-order valence-corrected chi connectivity index (χ2v) is 6.65. The van der Waals surface area contributed by atoms with E-state index in [1.165, 1.54) is 25.3 Å². The smallest absolute Gasteiger partial charge is 0.318 e. The molecule has 21 heavy (non-hydrogen) atoms. The van der Waals surface area contributed by atoms with Crippen LogP contribution in [0.4, 0.5) is 0 Å². The van der Waals surface area contributed by atoms with Crippen molar-refractivity contribution >= 4 is 37.9 Å². The van der Waals surface area contributed by atoms with Crippen LogP contribution in [0.3, 0.4) is 0 Å². The number of ether oxygens (including phenoxy) is 1. The number of carbonyl (C=O) groups is 2. The molecule has 0 fully saturated rings. The summed E-state index contributed by atoms with van der Waals surface area (Å²) in [5.41, 5.74) is 0. The number of carboxylic acid groups (broad SMARTS) is 2. The van der Waals surface area contributed by atoms with Crippen LogP contribution in [0.25, 0.3) is 0 Å². The van der Waals surface area contributed by atoms with Crippen molar-refractivity contribution in [1.29, 1.82) is 0 Å². The lowest BCUT2D eigenvalue weighted by atomic mass is 10.3. The van der Waals surface area contributed by atoms with Gasteiger partial charge < -0.3 is 14.9 Å². The van der Waals surface area contributed by atoms with Gasteiger partial charge >= 0.3 is 11.9 Å². The molecule has 10 heteroatoms. The minimum Gasteiger partial charge on any atom is -0.496 e. The van der Waals surface area contributed by atoms with E-state index in [1.807, 2.05) is 0 Å². The number of methoxy groups -OCH3 is 1. The second-order valence-electron chi connectivity index (χ2n) is 3.86. The standard InChI is InChI=1S/C11H12BrNO7S/c1-20-9-3-2-7(4-8(9)12)21(18,19)13(5-10(14)15)6-11(16)17/h2-4H,5-6H2,1H3,(H,14,15)(H,16,17). The lowest BCUT2D eigenvalue weighted by Crippen LogP contribution is -2.39. The van der Waals surface area contributed by atoms with E-state index in [0.717, 1.165) is 0 Å². The summed E-state index contributed by atoms with van der Waals surface area (Å²) in [6.45, 7) is -1.89. The highest BCUT2D eigenvalue weighted by Crippen LogP contribution is 2.28. The van der Waals surface area contributed by atoms with Gasteiger partial charge in [-0.05, 0) is 34.1 Å². The molecule has 116 valence electrons. The van der Waals surface area contributed by atoms with E-state index in [1.54, 1.807) is 0 Å². The first-order valence-electron chi connectivity index (χ1n) is 5.45. The predicted molar refractivity (Wildman–Crippen MR) is 74.7 cm³/mol. The van der Waals surface area contributed by atoms with E-state index in [4.69, 9.17) is 14.9 Å². The fraction of sp³-hybridized carbons (Fsp3) is 0.273. The molecule has 0 aliphatic rings. The fourth-order valence-corrected chi connectivity index (χ4v) is 3.54. The van der Waals surface area contributed by atoms with Gasteiger partial charge in [0.25, 0.3) is 0 Å². The van der Waals surface area contributed by atoms with Crippen molar-refractivity contribution in [1.82, 2.24) is 4.31 Å². The van der Waals surface area contributed by atoms with Gasteiger partial charge in [0.1, 0.15) is 18.8 Å².